The summed E-state index contributed by atoms with van der Waals surface area (Å²) in [7, 11) is 0. The molecule has 1 N–H and O–H groups in total. The molecule has 3 rings (SSSR count). The predicted octanol–water partition coefficient (Wildman–Crippen LogP) is 5.40. The van der Waals surface area contributed by atoms with E-state index in [-0.39, 0.29) is 35.0 Å². The lowest BCUT2D eigenvalue weighted by atomic mass is 10.0. The molecule has 0 radical (unpaired) electrons. The first-order valence-corrected chi connectivity index (χ1v) is 7.83. The van der Waals surface area contributed by atoms with E-state index in [1.807, 2.05) is 0 Å². The predicted molar refractivity (Wildman–Crippen MR) is 91.3 cm³/mol. The fourth-order valence-corrected chi connectivity index (χ4v) is 2.71. The number of alkyl halides is 2. The summed E-state index contributed by atoms with van der Waals surface area (Å²) < 4.78 is 45.0. The Labute approximate surface area is 147 Å². The molecule has 0 spiro atoms. The molecular weight excluding hydrogens is 345 g/mol. The van der Waals surface area contributed by atoms with Crippen molar-refractivity contribution in [2.75, 3.05) is 0 Å². The number of Topliss-reactive ketones (excluding diaryl/α,β-unsaturated/α-hetero) is 1. The van der Waals surface area contributed by atoms with E-state index in [1.54, 1.807) is 24.3 Å². The zero-order chi connectivity index (χ0) is 18.8. The number of ketones is 1. The SMILES string of the molecule is CC(=O)c1cc(O)c2ccccc2c1OCc1ccc(C(F)F)cc1F. The first-order chi connectivity index (χ1) is 12.4. The van der Waals surface area contributed by atoms with Gasteiger partial charge in [-0.2, -0.15) is 0 Å². The minimum Gasteiger partial charge on any atom is -0.507 e. The van der Waals surface area contributed by atoms with Crippen LogP contribution in [0.15, 0.2) is 48.5 Å². The molecule has 3 aromatic carbocycles. The lowest BCUT2D eigenvalue weighted by Crippen LogP contribution is -2.04. The molecule has 26 heavy (non-hydrogen) atoms. The van der Waals surface area contributed by atoms with Crippen LogP contribution in [0.5, 0.6) is 11.5 Å². The first kappa shape index (κ1) is 17.8. The van der Waals surface area contributed by atoms with Crippen LogP contribution < -0.4 is 4.74 Å². The van der Waals surface area contributed by atoms with E-state index in [2.05, 4.69) is 0 Å². The Hall–Kier alpha value is -3.02. The molecule has 0 fully saturated rings. The number of phenolic OH excluding ortho intramolecular Hbond substituents is 1. The molecule has 3 aromatic rings. The Morgan fingerprint density at radius 3 is 2.42 bits per heavy atom. The van der Waals surface area contributed by atoms with Gasteiger partial charge in [0.1, 0.15) is 23.9 Å². The molecule has 0 amide bonds. The number of benzene rings is 3. The quantitative estimate of drug-likeness (QED) is 0.620. The topological polar surface area (TPSA) is 46.5 Å². The maximum atomic E-state index is 14.0. The second kappa shape index (κ2) is 7.07. The number of rotatable bonds is 5. The molecule has 0 aromatic heterocycles. The van der Waals surface area contributed by atoms with Crippen LogP contribution in [0.1, 0.15) is 34.8 Å². The number of phenols is 1. The average Bonchev–Trinajstić information content (AvgIpc) is 2.61. The van der Waals surface area contributed by atoms with Crippen molar-refractivity contribution in [1.82, 2.24) is 0 Å². The van der Waals surface area contributed by atoms with Gasteiger partial charge in [0.15, 0.2) is 5.78 Å². The molecule has 0 saturated carbocycles. The first-order valence-electron chi connectivity index (χ1n) is 7.83. The Kier molecular flexibility index (Phi) is 4.84. The van der Waals surface area contributed by atoms with Crippen LogP contribution in [-0.4, -0.2) is 10.9 Å². The molecule has 0 unspecified atom stereocenters. The van der Waals surface area contributed by atoms with E-state index < -0.39 is 17.8 Å². The second-order valence-corrected chi connectivity index (χ2v) is 5.81. The summed E-state index contributed by atoms with van der Waals surface area (Å²) >= 11 is 0. The third-order valence-corrected chi connectivity index (χ3v) is 4.05. The average molecular weight is 360 g/mol. The molecule has 0 aliphatic rings. The third kappa shape index (κ3) is 3.35. The summed E-state index contributed by atoms with van der Waals surface area (Å²) in [5.41, 5.74) is -0.169. The van der Waals surface area contributed by atoms with Gasteiger partial charge in [-0.1, -0.05) is 36.4 Å². The number of ether oxygens (including phenoxy) is 1. The molecule has 0 atom stereocenters. The van der Waals surface area contributed by atoms with E-state index >= 15 is 0 Å². The minimum atomic E-state index is -2.76. The summed E-state index contributed by atoms with van der Waals surface area (Å²) in [6.07, 6.45) is -2.76. The molecule has 0 bridgehead atoms. The van der Waals surface area contributed by atoms with Crippen molar-refractivity contribution >= 4 is 16.6 Å². The van der Waals surface area contributed by atoms with Crippen molar-refractivity contribution in [2.24, 2.45) is 0 Å². The van der Waals surface area contributed by atoms with Crippen LogP contribution in [0.4, 0.5) is 13.2 Å². The van der Waals surface area contributed by atoms with E-state index in [4.69, 9.17) is 4.74 Å². The summed E-state index contributed by atoms with van der Waals surface area (Å²) in [5.74, 6) is -0.987. The molecule has 6 heteroatoms. The Balaban J connectivity index is 2.00. The fourth-order valence-electron chi connectivity index (χ4n) is 2.71. The molecule has 0 heterocycles. The summed E-state index contributed by atoms with van der Waals surface area (Å²) in [6.45, 7) is 1.08. The summed E-state index contributed by atoms with van der Waals surface area (Å²) in [4.78, 5) is 11.9. The number of hydrogen-bond acceptors (Lipinski definition) is 3. The second-order valence-electron chi connectivity index (χ2n) is 5.81. The van der Waals surface area contributed by atoms with E-state index in [0.717, 1.165) is 12.1 Å². The summed E-state index contributed by atoms with van der Waals surface area (Å²) in [6, 6.07) is 11.2. The maximum absolute atomic E-state index is 14.0. The Morgan fingerprint density at radius 1 is 1.12 bits per heavy atom. The highest BCUT2D eigenvalue weighted by Crippen LogP contribution is 2.37. The Morgan fingerprint density at radius 2 is 1.81 bits per heavy atom. The number of carbonyl (C=O) groups is 1. The van der Waals surface area contributed by atoms with Gasteiger partial charge in [-0.15, -0.1) is 0 Å². The summed E-state index contributed by atoms with van der Waals surface area (Å²) in [5, 5.41) is 11.1. The van der Waals surface area contributed by atoms with Crippen molar-refractivity contribution in [3.8, 4) is 11.5 Å². The molecule has 0 aliphatic carbocycles. The molecule has 3 nitrogen and oxygen atoms in total. The molecule has 0 saturated heterocycles. The van der Waals surface area contributed by atoms with Gasteiger partial charge in [-0.3, -0.25) is 4.79 Å². The third-order valence-electron chi connectivity index (χ3n) is 4.05. The van der Waals surface area contributed by atoms with Crippen molar-refractivity contribution in [3.05, 3.63) is 71.0 Å². The van der Waals surface area contributed by atoms with Crippen molar-refractivity contribution < 1.29 is 27.8 Å². The smallest absolute Gasteiger partial charge is 0.263 e. The van der Waals surface area contributed by atoms with Crippen LogP contribution in [0.2, 0.25) is 0 Å². The van der Waals surface area contributed by atoms with Gasteiger partial charge in [0, 0.05) is 21.9 Å². The fraction of sp³-hybridized carbons (Fsp3) is 0.150. The van der Waals surface area contributed by atoms with Gasteiger partial charge in [0.05, 0.1) is 5.56 Å². The highest BCUT2D eigenvalue weighted by atomic mass is 19.3. The van der Waals surface area contributed by atoms with Crippen molar-refractivity contribution in [2.45, 2.75) is 20.0 Å². The van der Waals surface area contributed by atoms with Gasteiger partial charge < -0.3 is 9.84 Å². The van der Waals surface area contributed by atoms with Gasteiger partial charge in [0.25, 0.3) is 6.43 Å². The van der Waals surface area contributed by atoms with Crippen LogP contribution in [0.3, 0.4) is 0 Å². The number of halogens is 3. The van der Waals surface area contributed by atoms with Crippen molar-refractivity contribution in [3.63, 3.8) is 0 Å². The monoisotopic (exact) mass is 360 g/mol. The highest BCUT2D eigenvalue weighted by molar-refractivity contribution is 6.05. The lowest BCUT2D eigenvalue weighted by molar-refractivity contribution is 0.101. The molecule has 0 aliphatic heterocycles. The molecule has 134 valence electrons. The zero-order valence-electron chi connectivity index (χ0n) is 13.8. The number of carbonyl (C=O) groups excluding carboxylic acids is 1. The van der Waals surface area contributed by atoms with Gasteiger partial charge in [-0.05, 0) is 19.1 Å². The maximum Gasteiger partial charge on any atom is 0.263 e. The largest absolute Gasteiger partial charge is 0.507 e. The van der Waals surface area contributed by atoms with E-state index in [1.165, 1.54) is 19.1 Å². The van der Waals surface area contributed by atoms with Crippen molar-refractivity contribution in [1.29, 1.82) is 0 Å². The zero-order valence-corrected chi connectivity index (χ0v) is 13.8. The lowest BCUT2D eigenvalue weighted by Gasteiger charge is -2.15. The van der Waals surface area contributed by atoms with E-state index in [0.29, 0.717) is 10.8 Å². The van der Waals surface area contributed by atoms with Gasteiger partial charge >= 0.3 is 0 Å². The number of aromatic hydroxyl groups is 1. The number of fused-ring (bicyclic) bond motifs is 1. The Bertz CT molecular complexity index is 983. The standard InChI is InChI=1S/C20H15F3O3/c1-11(24)16-9-18(25)14-4-2-3-5-15(14)19(16)26-10-13-7-6-12(20(22)23)8-17(13)21/h2-9,20,25H,10H2,1H3. The van der Waals surface area contributed by atoms with Crippen LogP contribution in [-0.2, 0) is 6.61 Å². The molecular formula is C20H15F3O3. The minimum absolute atomic E-state index is 0.0642. The van der Waals surface area contributed by atoms with Crippen LogP contribution >= 0.6 is 0 Å². The van der Waals surface area contributed by atoms with Gasteiger partial charge in [-0.25, -0.2) is 13.2 Å². The van der Waals surface area contributed by atoms with Gasteiger partial charge in [0.2, 0.25) is 0 Å². The highest BCUT2D eigenvalue weighted by Gasteiger charge is 2.17. The number of hydrogen-bond donors (Lipinski definition) is 1. The van der Waals surface area contributed by atoms with E-state index in [9.17, 15) is 23.1 Å². The van der Waals surface area contributed by atoms with Crippen LogP contribution in [0.25, 0.3) is 10.8 Å². The normalized spacial score (nSPS) is 11.1. The van der Waals surface area contributed by atoms with Crippen LogP contribution in [0, 0.1) is 5.82 Å².